The third-order valence-electron chi connectivity index (χ3n) is 2.32. The maximum absolute atomic E-state index is 11.3. The van der Waals surface area contributed by atoms with Gasteiger partial charge in [-0.1, -0.05) is 0 Å². The van der Waals surface area contributed by atoms with Gasteiger partial charge < -0.3 is 5.11 Å². The zero-order valence-corrected chi connectivity index (χ0v) is 10.7. The van der Waals surface area contributed by atoms with E-state index < -0.39 is 9.84 Å². The summed E-state index contributed by atoms with van der Waals surface area (Å²) >= 11 is 0. The van der Waals surface area contributed by atoms with Crippen LogP contribution in [0.4, 0.5) is 0 Å². The second-order valence-electron chi connectivity index (χ2n) is 3.90. The maximum Gasteiger partial charge on any atom is 0.185 e. The molecule has 4 nitrogen and oxygen atoms in total. The molecule has 0 aliphatic rings. The molecule has 0 aliphatic carbocycles. The fourth-order valence-corrected chi connectivity index (χ4v) is 1.96. The van der Waals surface area contributed by atoms with Crippen molar-refractivity contribution in [1.82, 2.24) is 0 Å². The summed E-state index contributed by atoms with van der Waals surface area (Å²) in [5.74, 6) is 0.181. The number of aromatic hydroxyl groups is 1. The molecule has 0 saturated heterocycles. The predicted octanol–water partition coefficient (Wildman–Crippen LogP) is 1.92. The molecule has 0 bridgehead atoms. The summed E-state index contributed by atoms with van der Waals surface area (Å²) in [6.45, 7) is 3.43. The van der Waals surface area contributed by atoms with Gasteiger partial charge in [0.15, 0.2) is 9.84 Å². The van der Waals surface area contributed by atoms with E-state index in [1.54, 1.807) is 32.0 Å². The Morgan fingerprint density at radius 1 is 1.35 bits per heavy atom. The van der Waals surface area contributed by atoms with Gasteiger partial charge in [-0.05, 0) is 48.7 Å². The van der Waals surface area contributed by atoms with Crippen molar-refractivity contribution in [2.24, 2.45) is 0 Å². The first-order valence-electron chi connectivity index (χ1n) is 4.87. The SMILES string of the molecule is Cc1cc(/C=C(\C#N)S(C)(=O)=O)cc(C)c1O. The molecule has 0 heterocycles. The van der Waals surface area contributed by atoms with Crippen molar-refractivity contribution in [2.45, 2.75) is 13.8 Å². The smallest absolute Gasteiger partial charge is 0.185 e. The zero-order valence-electron chi connectivity index (χ0n) is 9.85. The lowest BCUT2D eigenvalue weighted by Gasteiger charge is -2.05. The molecule has 1 N–H and O–H groups in total. The van der Waals surface area contributed by atoms with Crippen LogP contribution >= 0.6 is 0 Å². The fourth-order valence-electron chi connectivity index (χ4n) is 1.45. The Morgan fingerprint density at radius 3 is 2.18 bits per heavy atom. The molecule has 0 spiro atoms. The average Bonchev–Trinajstić information content (AvgIpc) is 2.20. The number of benzene rings is 1. The first kappa shape index (κ1) is 13.3. The molecule has 17 heavy (non-hydrogen) atoms. The number of allylic oxidation sites excluding steroid dienone is 1. The Morgan fingerprint density at radius 2 is 1.82 bits per heavy atom. The predicted molar refractivity (Wildman–Crippen MR) is 66.0 cm³/mol. The Hall–Kier alpha value is -1.80. The van der Waals surface area contributed by atoms with Crippen LogP contribution in [0.25, 0.3) is 6.08 Å². The Bertz CT molecular complexity index is 599. The summed E-state index contributed by atoms with van der Waals surface area (Å²) in [6.07, 6.45) is 2.29. The number of phenols is 1. The Balaban J connectivity index is 3.39. The number of aryl methyl sites for hydroxylation is 2. The largest absolute Gasteiger partial charge is 0.507 e. The molecular weight excluding hydrogens is 238 g/mol. The van der Waals surface area contributed by atoms with Crippen LogP contribution in [-0.4, -0.2) is 19.8 Å². The summed E-state index contributed by atoms with van der Waals surface area (Å²) in [6, 6.07) is 4.91. The molecule has 1 aromatic rings. The molecule has 0 unspecified atom stereocenters. The minimum Gasteiger partial charge on any atom is -0.507 e. The van der Waals surface area contributed by atoms with E-state index in [0.717, 1.165) is 6.26 Å². The summed E-state index contributed by atoms with van der Waals surface area (Å²) in [5, 5.41) is 18.3. The third-order valence-corrected chi connectivity index (χ3v) is 3.33. The van der Waals surface area contributed by atoms with Crippen molar-refractivity contribution in [3.63, 3.8) is 0 Å². The van der Waals surface area contributed by atoms with Gasteiger partial charge in [0, 0.05) is 6.26 Å². The topological polar surface area (TPSA) is 78.2 Å². The van der Waals surface area contributed by atoms with E-state index >= 15 is 0 Å². The highest BCUT2D eigenvalue weighted by Gasteiger charge is 2.11. The Labute approximate surface area is 101 Å². The molecule has 0 radical (unpaired) electrons. The van der Waals surface area contributed by atoms with Crippen LogP contribution in [0.1, 0.15) is 16.7 Å². The van der Waals surface area contributed by atoms with E-state index in [9.17, 15) is 13.5 Å². The van der Waals surface area contributed by atoms with Crippen LogP contribution in [0.2, 0.25) is 0 Å². The molecule has 0 aromatic heterocycles. The molecule has 0 saturated carbocycles. The number of nitrogens with zero attached hydrogens (tertiary/aromatic N) is 1. The van der Waals surface area contributed by atoms with E-state index in [1.165, 1.54) is 6.08 Å². The minimum atomic E-state index is -3.51. The average molecular weight is 251 g/mol. The number of nitriles is 1. The number of sulfone groups is 1. The molecular formula is C12H13NO3S. The van der Waals surface area contributed by atoms with Gasteiger partial charge in [-0.15, -0.1) is 0 Å². The number of hydrogen-bond acceptors (Lipinski definition) is 4. The quantitative estimate of drug-likeness (QED) is 0.814. The summed E-state index contributed by atoms with van der Waals surface area (Å²) in [4.78, 5) is -0.290. The van der Waals surface area contributed by atoms with E-state index in [2.05, 4.69) is 0 Å². The van der Waals surface area contributed by atoms with Crippen molar-refractivity contribution in [3.05, 3.63) is 33.7 Å². The van der Waals surface area contributed by atoms with Gasteiger partial charge >= 0.3 is 0 Å². The van der Waals surface area contributed by atoms with Crippen molar-refractivity contribution < 1.29 is 13.5 Å². The zero-order chi connectivity index (χ0) is 13.2. The maximum atomic E-state index is 11.3. The second kappa shape index (κ2) is 4.60. The fraction of sp³-hybridized carbons (Fsp3) is 0.250. The Kier molecular flexibility index (Phi) is 3.59. The van der Waals surface area contributed by atoms with Gasteiger partial charge in [0.2, 0.25) is 0 Å². The van der Waals surface area contributed by atoms with Gasteiger partial charge in [-0.3, -0.25) is 0 Å². The summed E-state index contributed by atoms with van der Waals surface area (Å²) in [7, 11) is -3.51. The monoisotopic (exact) mass is 251 g/mol. The molecule has 1 rings (SSSR count). The lowest BCUT2D eigenvalue weighted by molar-refractivity contribution is 0.467. The van der Waals surface area contributed by atoms with E-state index in [0.29, 0.717) is 16.7 Å². The number of hydrogen-bond donors (Lipinski definition) is 1. The number of rotatable bonds is 2. The highest BCUT2D eigenvalue weighted by atomic mass is 32.2. The van der Waals surface area contributed by atoms with E-state index in [4.69, 9.17) is 5.26 Å². The molecule has 1 aromatic carbocycles. The second-order valence-corrected chi connectivity index (χ2v) is 5.88. The van der Waals surface area contributed by atoms with Crippen molar-refractivity contribution in [1.29, 1.82) is 5.26 Å². The van der Waals surface area contributed by atoms with Crippen LogP contribution in [-0.2, 0) is 9.84 Å². The highest BCUT2D eigenvalue weighted by molar-refractivity contribution is 7.95. The van der Waals surface area contributed by atoms with E-state index in [1.807, 2.05) is 0 Å². The molecule has 5 heteroatoms. The van der Waals surface area contributed by atoms with Crippen molar-refractivity contribution in [3.8, 4) is 11.8 Å². The van der Waals surface area contributed by atoms with E-state index in [-0.39, 0.29) is 10.7 Å². The lowest BCUT2D eigenvalue weighted by Crippen LogP contribution is -1.98. The van der Waals surface area contributed by atoms with Crippen LogP contribution in [0, 0.1) is 25.2 Å². The first-order chi connectivity index (χ1) is 7.75. The van der Waals surface area contributed by atoms with Crippen LogP contribution in [0.3, 0.4) is 0 Å². The molecule has 0 aliphatic heterocycles. The van der Waals surface area contributed by atoms with Crippen LogP contribution < -0.4 is 0 Å². The van der Waals surface area contributed by atoms with Crippen LogP contribution in [0.5, 0.6) is 5.75 Å². The van der Waals surface area contributed by atoms with Crippen LogP contribution in [0.15, 0.2) is 17.0 Å². The normalized spacial score (nSPS) is 12.2. The standard InChI is InChI=1S/C12H13NO3S/c1-8-4-10(5-9(2)12(8)14)6-11(7-13)17(3,15)16/h4-6,14H,1-3H3/b11-6+. The van der Waals surface area contributed by atoms with Crippen molar-refractivity contribution >= 4 is 15.9 Å². The molecule has 0 atom stereocenters. The van der Waals surface area contributed by atoms with Gasteiger partial charge in [-0.2, -0.15) is 5.26 Å². The third kappa shape index (κ3) is 3.08. The van der Waals surface area contributed by atoms with Gasteiger partial charge in [0.1, 0.15) is 16.7 Å². The highest BCUT2D eigenvalue weighted by Crippen LogP contribution is 2.24. The summed E-state index contributed by atoms with van der Waals surface area (Å²) in [5.41, 5.74) is 1.86. The first-order valence-corrected chi connectivity index (χ1v) is 6.77. The number of phenolic OH excluding ortho intramolecular Hbond substituents is 1. The minimum absolute atomic E-state index is 0.181. The van der Waals surface area contributed by atoms with Gasteiger partial charge in [0.05, 0.1) is 0 Å². The van der Waals surface area contributed by atoms with Gasteiger partial charge in [-0.25, -0.2) is 8.42 Å². The molecule has 0 fully saturated rings. The van der Waals surface area contributed by atoms with Gasteiger partial charge in [0.25, 0.3) is 0 Å². The summed E-state index contributed by atoms with van der Waals surface area (Å²) < 4.78 is 22.5. The lowest BCUT2D eigenvalue weighted by atomic mass is 10.1. The van der Waals surface area contributed by atoms with Crippen molar-refractivity contribution in [2.75, 3.05) is 6.26 Å². The molecule has 0 amide bonds. The molecule has 90 valence electrons.